The number of benzene rings is 2. The molecule has 33 heavy (non-hydrogen) atoms. The molecule has 3 rings (SSSR count). The first-order valence-electron chi connectivity index (χ1n) is 12.3. The van der Waals surface area contributed by atoms with E-state index in [2.05, 4.69) is 29.0 Å². The second-order valence-electron chi connectivity index (χ2n) is 8.77. The van der Waals surface area contributed by atoms with E-state index in [-0.39, 0.29) is 24.3 Å². The summed E-state index contributed by atoms with van der Waals surface area (Å²) in [5, 5.41) is 0. The lowest BCUT2D eigenvalue weighted by atomic mass is 9.99. The van der Waals surface area contributed by atoms with Crippen molar-refractivity contribution in [1.82, 2.24) is 0 Å². The largest absolute Gasteiger partial charge is 0.497 e. The van der Waals surface area contributed by atoms with Crippen LogP contribution in [0.5, 0.6) is 11.5 Å². The van der Waals surface area contributed by atoms with Crippen molar-refractivity contribution in [3.8, 4) is 22.6 Å². The van der Waals surface area contributed by atoms with Crippen LogP contribution in [-0.2, 0) is 14.3 Å². The lowest BCUT2D eigenvalue weighted by Gasteiger charge is -2.08. The van der Waals surface area contributed by atoms with E-state index in [4.69, 9.17) is 9.47 Å². The first-order chi connectivity index (χ1) is 16.2. The summed E-state index contributed by atoms with van der Waals surface area (Å²) >= 11 is 0. The molecule has 0 aromatic heterocycles. The maximum Gasteiger partial charge on any atom is 0.317 e. The number of hydrogen-bond donors (Lipinski definition) is 0. The van der Waals surface area contributed by atoms with E-state index >= 15 is 0 Å². The van der Waals surface area contributed by atoms with Gasteiger partial charge in [0.25, 0.3) is 0 Å². The Bertz CT molecular complexity index is 857. The molecule has 0 amide bonds. The second kappa shape index (κ2) is 13.7. The van der Waals surface area contributed by atoms with Gasteiger partial charge in [-0.05, 0) is 48.2 Å². The molecule has 5 nitrogen and oxygen atoms in total. The molecule has 1 heterocycles. The highest BCUT2D eigenvalue weighted by atomic mass is 16.6. The quantitative estimate of drug-likeness (QED) is 0.170. The minimum atomic E-state index is -0.363. The Morgan fingerprint density at radius 1 is 0.727 bits per heavy atom. The summed E-state index contributed by atoms with van der Waals surface area (Å²) < 4.78 is 15.7. The number of carbonyl (C=O) groups is 2. The van der Waals surface area contributed by atoms with E-state index in [1.807, 2.05) is 24.3 Å². The van der Waals surface area contributed by atoms with Gasteiger partial charge in [0.15, 0.2) is 0 Å². The van der Waals surface area contributed by atoms with Gasteiger partial charge in [-0.3, -0.25) is 9.59 Å². The Labute approximate surface area is 197 Å². The van der Waals surface area contributed by atoms with Crippen LogP contribution in [-0.4, -0.2) is 25.7 Å². The molecule has 0 radical (unpaired) electrons. The summed E-state index contributed by atoms with van der Waals surface area (Å²) in [5.74, 6) is 0.906. The minimum absolute atomic E-state index is 0.189. The summed E-state index contributed by atoms with van der Waals surface area (Å²) in [7, 11) is 1.68. The molecular formula is C28H36O5. The first kappa shape index (κ1) is 24.8. The van der Waals surface area contributed by atoms with Crippen molar-refractivity contribution in [3.63, 3.8) is 0 Å². The Morgan fingerprint density at radius 2 is 1.24 bits per heavy atom. The molecule has 178 valence electrons. The van der Waals surface area contributed by atoms with Crippen molar-refractivity contribution in [2.75, 3.05) is 13.7 Å². The number of methoxy groups -OCH3 is 1. The van der Waals surface area contributed by atoms with Gasteiger partial charge in [0, 0.05) is 0 Å². The van der Waals surface area contributed by atoms with Crippen LogP contribution < -0.4 is 9.47 Å². The molecule has 2 aromatic carbocycles. The smallest absolute Gasteiger partial charge is 0.317 e. The maximum absolute atomic E-state index is 11.4. The zero-order valence-electron chi connectivity index (χ0n) is 19.7. The highest BCUT2D eigenvalue weighted by Gasteiger charge is 2.32. The van der Waals surface area contributed by atoms with E-state index in [0.717, 1.165) is 49.4 Å². The van der Waals surface area contributed by atoms with Crippen LogP contribution in [0.15, 0.2) is 48.5 Å². The van der Waals surface area contributed by atoms with Crippen molar-refractivity contribution in [3.05, 3.63) is 48.5 Å². The van der Waals surface area contributed by atoms with Crippen LogP contribution >= 0.6 is 0 Å². The molecular weight excluding hydrogens is 416 g/mol. The van der Waals surface area contributed by atoms with Crippen LogP contribution in [0.1, 0.15) is 70.6 Å². The average Bonchev–Trinajstić information content (AvgIpc) is 3.16. The first-order valence-corrected chi connectivity index (χ1v) is 12.3. The number of ether oxygens (including phenoxy) is 3. The zero-order chi connectivity index (χ0) is 23.3. The third-order valence-corrected chi connectivity index (χ3v) is 6.20. The molecule has 1 unspecified atom stereocenters. The fourth-order valence-electron chi connectivity index (χ4n) is 4.19. The predicted molar refractivity (Wildman–Crippen MR) is 129 cm³/mol. The molecule has 1 saturated heterocycles. The number of rotatable bonds is 15. The molecule has 0 spiro atoms. The van der Waals surface area contributed by atoms with Gasteiger partial charge in [0.05, 0.1) is 26.1 Å². The van der Waals surface area contributed by atoms with Crippen LogP contribution in [0.3, 0.4) is 0 Å². The summed E-state index contributed by atoms with van der Waals surface area (Å²) in [6.07, 6.45) is 11.7. The number of carbonyl (C=O) groups excluding carboxylic acids is 2. The van der Waals surface area contributed by atoms with Gasteiger partial charge in [-0.2, -0.15) is 0 Å². The molecule has 1 fully saturated rings. The Kier molecular flexibility index (Phi) is 10.3. The summed E-state index contributed by atoms with van der Waals surface area (Å²) in [5.41, 5.74) is 2.33. The van der Waals surface area contributed by atoms with Gasteiger partial charge in [0.2, 0.25) is 0 Å². The normalized spacial score (nSPS) is 15.5. The van der Waals surface area contributed by atoms with Crippen molar-refractivity contribution in [1.29, 1.82) is 0 Å². The number of esters is 2. The highest BCUT2D eigenvalue weighted by Crippen LogP contribution is 2.25. The van der Waals surface area contributed by atoms with Crippen LogP contribution in [0.25, 0.3) is 11.1 Å². The third kappa shape index (κ3) is 8.56. The van der Waals surface area contributed by atoms with Crippen molar-refractivity contribution in [2.24, 2.45) is 5.92 Å². The van der Waals surface area contributed by atoms with Crippen LogP contribution in [0, 0.1) is 5.92 Å². The van der Waals surface area contributed by atoms with E-state index in [9.17, 15) is 9.59 Å². The van der Waals surface area contributed by atoms with E-state index < -0.39 is 0 Å². The lowest BCUT2D eigenvalue weighted by molar-refractivity contribution is -0.153. The van der Waals surface area contributed by atoms with E-state index in [1.165, 1.54) is 44.1 Å². The lowest BCUT2D eigenvalue weighted by Crippen LogP contribution is -2.06. The number of hydrogen-bond acceptors (Lipinski definition) is 5. The Morgan fingerprint density at radius 3 is 1.76 bits per heavy atom. The molecule has 2 aromatic rings. The topological polar surface area (TPSA) is 61.8 Å². The highest BCUT2D eigenvalue weighted by molar-refractivity contribution is 5.94. The van der Waals surface area contributed by atoms with Gasteiger partial charge in [-0.15, -0.1) is 0 Å². The summed E-state index contributed by atoms with van der Waals surface area (Å²) in [6.45, 7) is 0.758. The molecule has 1 aliphatic rings. The molecule has 0 aliphatic carbocycles. The fraction of sp³-hybridized carbons (Fsp3) is 0.500. The molecule has 0 N–H and O–H groups in total. The van der Waals surface area contributed by atoms with Gasteiger partial charge >= 0.3 is 11.9 Å². The van der Waals surface area contributed by atoms with Crippen molar-refractivity contribution >= 4 is 11.9 Å². The molecule has 0 saturated carbocycles. The molecule has 5 heteroatoms. The second-order valence-corrected chi connectivity index (χ2v) is 8.77. The number of cyclic esters (lactones) is 2. The van der Waals surface area contributed by atoms with Crippen LogP contribution in [0.4, 0.5) is 0 Å². The Hall–Kier alpha value is -2.82. The van der Waals surface area contributed by atoms with E-state index in [1.54, 1.807) is 7.11 Å². The monoisotopic (exact) mass is 452 g/mol. The fourth-order valence-corrected chi connectivity index (χ4v) is 4.19. The van der Waals surface area contributed by atoms with Gasteiger partial charge in [-0.25, -0.2) is 0 Å². The van der Waals surface area contributed by atoms with E-state index in [0.29, 0.717) is 0 Å². The van der Waals surface area contributed by atoms with Gasteiger partial charge in [-0.1, -0.05) is 75.6 Å². The van der Waals surface area contributed by atoms with Crippen LogP contribution in [0.2, 0.25) is 0 Å². The maximum atomic E-state index is 11.4. The van der Waals surface area contributed by atoms with Gasteiger partial charge < -0.3 is 14.2 Å². The van der Waals surface area contributed by atoms with Crippen molar-refractivity contribution < 1.29 is 23.8 Å². The zero-order valence-corrected chi connectivity index (χ0v) is 19.7. The molecule has 1 aliphatic heterocycles. The average molecular weight is 453 g/mol. The summed E-state index contributed by atoms with van der Waals surface area (Å²) in [4.78, 5) is 22.5. The SMILES string of the molecule is COc1ccc(-c2ccc(OCCCCCCCCCCCC3CC(=O)OC3=O)cc2)cc1. The van der Waals surface area contributed by atoms with Gasteiger partial charge in [0.1, 0.15) is 11.5 Å². The van der Waals surface area contributed by atoms with Crippen molar-refractivity contribution in [2.45, 2.75) is 70.6 Å². The Balaban J connectivity index is 1.16. The third-order valence-electron chi connectivity index (χ3n) is 6.20. The molecule has 1 atom stereocenters. The minimum Gasteiger partial charge on any atom is -0.497 e. The standard InChI is InChI=1S/C28H36O5/c1-31-25-16-12-22(13-17-25)23-14-18-26(19-15-23)32-20-10-8-6-4-2-3-5-7-9-11-24-21-27(29)33-28(24)30/h12-19,24H,2-11,20-21H2,1H3. The molecule has 0 bridgehead atoms. The predicted octanol–water partition coefficient (Wildman–Crippen LogP) is 6.73. The number of unbranched alkanes of at least 4 members (excludes halogenated alkanes) is 8. The summed E-state index contributed by atoms with van der Waals surface area (Å²) in [6, 6.07) is 16.3.